The minimum atomic E-state index is -4.41. The van der Waals surface area contributed by atoms with Crippen LogP contribution in [0.25, 0.3) is 0 Å². The van der Waals surface area contributed by atoms with Gasteiger partial charge in [-0.05, 0) is 0 Å². The zero-order valence-corrected chi connectivity index (χ0v) is 8.66. The normalized spacial score (nSPS) is 10.2. The summed E-state index contributed by atoms with van der Waals surface area (Å²) in [5.74, 6) is 0. The zero-order valence-electron chi connectivity index (χ0n) is 7.84. The Kier molecular flexibility index (Phi) is 6.06. The molecule has 0 fully saturated rings. The fraction of sp³-hybridized carbons (Fsp3) is 0.250. The SMILES string of the molecule is COS(=O)(=O)[O-].[NH3+]Cc1ccccc1. The van der Waals surface area contributed by atoms with Crippen LogP contribution < -0.4 is 5.73 Å². The van der Waals surface area contributed by atoms with Gasteiger partial charge in [0.1, 0.15) is 0 Å². The summed E-state index contributed by atoms with van der Waals surface area (Å²) in [6, 6.07) is 10.2. The van der Waals surface area contributed by atoms with E-state index in [-0.39, 0.29) is 0 Å². The Balaban J connectivity index is 0.000000255. The van der Waals surface area contributed by atoms with Crippen LogP contribution in [0.2, 0.25) is 0 Å². The molecule has 0 spiro atoms. The minimum absolute atomic E-state index is 0.808. The number of benzene rings is 1. The predicted molar refractivity (Wildman–Crippen MR) is 49.7 cm³/mol. The van der Waals surface area contributed by atoms with Gasteiger partial charge in [0.25, 0.3) is 0 Å². The molecule has 1 aromatic carbocycles. The van der Waals surface area contributed by atoms with E-state index in [0.717, 1.165) is 13.7 Å². The number of hydrogen-bond donors (Lipinski definition) is 1. The first kappa shape index (κ1) is 13.1. The maximum absolute atomic E-state index is 9.22. The van der Waals surface area contributed by atoms with Crippen LogP contribution in [0.5, 0.6) is 0 Å². The summed E-state index contributed by atoms with van der Waals surface area (Å²) < 4.78 is 31.0. The highest BCUT2D eigenvalue weighted by Gasteiger charge is 1.83. The van der Waals surface area contributed by atoms with Gasteiger partial charge in [0, 0.05) is 5.56 Å². The van der Waals surface area contributed by atoms with Crippen LogP contribution in [-0.4, -0.2) is 20.1 Å². The highest BCUT2D eigenvalue weighted by Crippen LogP contribution is 1.93. The van der Waals surface area contributed by atoms with E-state index < -0.39 is 10.4 Å². The van der Waals surface area contributed by atoms with Crippen molar-refractivity contribution in [1.29, 1.82) is 0 Å². The van der Waals surface area contributed by atoms with E-state index in [2.05, 4.69) is 22.0 Å². The van der Waals surface area contributed by atoms with Crippen LogP contribution >= 0.6 is 0 Å². The molecule has 80 valence electrons. The topological polar surface area (TPSA) is 94.1 Å². The summed E-state index contributed by atoms with van der Waals surface area (Å²) in [5, 5.41) is 0. The van der Waals surface area contributed by atoms with Crippen molar-refractivity contribution in [3.63, 3.8) is 0 Å². The summed E-state index contributed by atoms with van der Waals surface area (Å²) in [6.07, 6.45) is 0. The Morgan fingerprint density at radius 1 is 1.36 bits per heavy atom. The average Bonchev–Trinajstić information content (AvgIpc) is 2.19. The third kappa shape index (κ3) is 7.69. The molecule has 0 aromatic heterocycles. The van der Waals surface area contributed by atoms with Gasteiger partial charge < -0.3 is 10.3 Å². The van der Waals surface area contributed by atoms with Crippen molar-refractivity contribution in [2.45, 2.75) is 6.54 Å². The van der Waals surface area contributed by atoms with Crippen molar-refractivity contribution in [2.75, 3.05) is 7.11 Å². The molecule has 0 unspecified atom stereocenters. The fourth-order valence-corrected chi connectivity index (χ4v) is 0.645. The molecule has 6 heteroatoms. The van der Waals surface area contributed by atoms with Gasteiger partial charge in [-0.2, -0.15) is 0 Å². The molecule has 0 aliphatic rings. The molecule has 0 saturated heterocycles. The lowest BCUT2D eigenvalue weighted by Gasteiger charge is -1.98. The summed E-state index contributed by atoms with van der Waals surface area (Å²) in [7, 11) is -3.60. The molecule has 14 heavy (non-hydrogen) atoms. The standard InChI is InChI=1S/C7H9N.CH4O4S/c8-6-7-4-2-1-3-5-7;1-5-6(2,3)4/h1-5H,6,8H2;1H3,(H,2,3,4). The van der Waals surface area contributed by atoms with Gasteiger partial charge in [-0.15, -0.1) is 0 Å². The molecular formula is C8H13NO4S. The van der Waals surface area contributed by atoms with Crippen LogP contribution in [0, 0.1) is 0 Å². The summed E-state index contributed by atoms with van der Waals surface area (Å²) in [4.78, 5) is 0. The Morgan fingerprint density at radius 2 is 1.79 bits per heavy atom. The minimum Gasteiger partial charge on any atom is -0.726 e. The third-order valence-electron chi connectivity index (χ3n) is 1.34. The Morgan fingerprint density at radius 3 is 2.00 bits per heavy atom. The lowest BCUT2D eigenvalue weighted by Crippen LogP contribution is -2.47. The second kappa shape index (κ2) is 6.50. The van der Waals surface area contributed by atoms with Crippen LogP contribution in [0.3, 0.4) is 0 Å². The van der Waals surface area contributed by atoms with E-state index in [1.54, 1.807) is 0 Å². The molecular weight excluding hydrogens is 206 g/mol. The molecule has 0 aliphatic heterocycles. The second-order valence-electron chi connectivity index (χ2n) is 2.31. The molecule has 1 rings (SSSR count). The van der Waals surface area contributed by atoms with Crippen LogP contribution in [0.15, 0.2) is 30.3 Å². The lowest BCUT2D eigenvalue weighted by molar-refractivity contribution is -0.386. The van der Waals surface area contributed by atoms with Crippen molar-refractivity contribution in [1.82, 2.24) is 0 Å². The van der Waals surface area contributed by atoms with E-state index in [1.807, 2.05) is 18.2 Å². The average molecular weight is 219 g/mol. The number of quaternary nitrogens is 1. The maximum atomic E-state index is 9.22. The van der Waals surface area contributed by atoms with Crippen LogP contribution in [0.1, 0.15) is 5.56 Å². The monoisotopic (exact) mass is 219 g/mol. The van der Waals surface area contributed by atoms with E-state index in [4.69, 9.17) is 0 Å². The van der Waals surface area contributed by atoms with Crippen molar-refractivity contribution in [3.8, 4) is 0 Å². The molecule has 0 heterocycles. The molecule has 0 radical (unpaired) electrons. The lowest BCUT2D eigenvalue weighted by atomic mass is 10.2. The fourth-order valence-electron chi connectivity index (χ4n) is 0.645. The quantitative estimate of drug-likeness (QED) is 0.537. The van der Waals surface area contributed by atoms with E-state index in [1.165, 1.54) is 5.56 Å². The Hall–Kier alpha value is -0.950. The predicted octanol–water partition coefficient (Wildman–Crippen LogP) is -0.478. The summed E-state index contributed by atoms with van der Waals surface area (Å²) >= 11 is 0. The van der Waals surface area contributed by atoms with Crippen LogP contribution in [-0.2, 0) is 21.1 Å². The second-order valence-corrected chi connectivity index (χ2v) is 3.46. The first-order valence-corrected chi connectivity index (χ1v) is 5.17. The van der Waals surface area contributed by atoms with E-state index in [9.17, 15) is 13.0 Å². The smallest absolute Gasteiger partial charge is 0.217 e. The molecule has 3 N–H and O–H groups in total. The molecule has 0 amide bonds. The summed E-state index contributed by atoms with van der Waals surface area (Å²) in [5.41, 5.74) is 5.05. The largest absolute Gasteiger partial charge is 0.726 e. The van der Waals surface area contributed by atoms with Gasteiger partial charge >= 0.3 is 0 Å². The highest BCUT2D eigenvalue weighted by molar-refractivity contribution is 7.80. The third-order valence-corrected chi connectivity index (χ3v) is 1.74. The number of hydrogen-bond acceptors (Lipinski definition) is 4. The molecule has 0 saturated carbocycles. The Labute approximate surface area is 83.5 Å². The maximum Gasteiger partial charge on any atom is 0.217 e. The van der Waals surface area contributed by atoms with Crippen molar-refractivity contribution < 1.29 is 22.9 Å². The van der Waals surface area contributed by atoms with Gasteiger partial charge in [0.15, 0.2) is 0 Å². The number of rotatable bonds is 2. The van der Waals surface area contributed by atoms with Crippen molar-refractivity contribution in [3.05, 3.63) is 35.9 Å². The molecule has 1 aromatic rings. The first-order valence-electron chi connectivity index (χ1n) is 3.84. The zero-order chi connectivity index (χ0) is 11.0. The molecule has 0 aliphatic carbocycles. The van der Waals surface area contributed by atoms with Gasteiger partial charge in [-0.25, -0.2) is 8.42 Å². The molecule has 0 bridgehead atoms. The van der Waals surface area contributed by atoms with Gasteiger partial charge in [0.05, 0.1) is 13.7 Å². The molecule has 5 nitrogen and oxygen atoms in total. The molecule has 0 atom stereocenters. The van der Waals surface area contributed by atoms with Gasteiger partial charge in [-0.3, -0.25) is 4.18 Å². The van der Waals surface area contributed by atoms with Crippen LogP contribution in [0.4, 0.5) is 0 Å². The summed E-state index contributed by atoms with van der Waals surface area (Å²) in [6.45, 7) is 0.890. The van der Waals surface area contributed by atoms with Gasteiger partial charge in [0.2, 0.25) is 10.4 Å². The van der Waals surface area contributed by atoms with Crippen molar-refractivity contribution >= 4 is 10.4 Å². The Bertz CT molecular complexity index is 336. The first-order chi connectivity index (χ1) is 6.49. The van der Waals surface area contributed by atoms with E-state index >= 15 is 0 Å². The van der Waals surface area contributed by atoms with E-state index in [0.29, 0.717) is 0 Å². The van der Waals surface area contributed by atoms with Crippen molar-refractivity contribution in [2.24, 2.45) is 0 Å². The van der Waals surface area contributed by atoms with Gasteiger partial charge in [-0.1, -0.05) is 30.3 Å². The highest BCUT2D eigenvalue weighted by atomic mass is 32.3.